The minimum atomic E-state index is -0.962. The van der Waals surface area contributed by atoms with Gasteiger partial charge in [-0.1, -0.05) is 0 Å². The first-order chi connectivity index (χ1) is 7.62. The second kappa shape index (κ2) is 6.44. The summed E-state index contributed by atoms with van der Waals surface area (Å²) >= 11 is 0. The topological polar surface area (TPSA) is 84.9 Å². The number of nitrogens with one attached hydrogen (secondary N) is 1. The number of carbonyl (C=O) groups is 2. The Hall–Kier alpha value is -1.30. The zero-order chi connectivity index (χ0) is 13.6. The van der Waals surface area contributed by atoms with Crippen LogP contribution in [0.3, 0.4) is 0 Å². The minimum Gasteiger partial charge on any atom is -0.425 e. The van der Waals surface area contributed by atoms with Crippen molar-refractivity contribution in [2.45, 2.75) is 47.0 Å². The van der Waals surface area contributed by atoms with Gasteiger partial charge in [-0.15, -0.1) is 0 Å². The van der Waals surface area contributed by atoms with Crippen molar-refractivity contribution in [3.8, 4) is 0 Å². The predicted molar refractivity (Wildman–Crippen MR) is 61.2 cm³/mol. The van der Waals surface area contributed by atoms with E-state index >= 15 is 0 Å². The Balaban J connectivity index is 3.98. The van der Waals surface area contributed by atoms with E-state index in [1.807, 2.05) is 0 Å². The van der Waals surface area contributed by atoms with E-state index in [1.165, 1.54) is 13.8 Å². The van der Waals surface area contributed by atoms with Crippen LogP contribution in [-0.2, 0) is 14.3 Å². The van der Waals surface area contributed by atoms with E-state index in [4.69, 9.17) is 14.6 Å². The largest absolute Gasteiger partial charge is 0.425 e. The minimum absolute atomic E-state index is 0.0821. The SMILES string of the molecule is CC(OC(=O)NC[C@@H](C)O)OC(=O)C(C)(C)C. The van der Waals surface area contributed by atoms with Crippen LogP contribution in [0.5, 0.6) is 0 Å². The number of carbonyl (C=O) groups excluding carboxylic acids is 2. The lowest BCUT2D eigenvalue weighted by molar-refractivity contribution is -0.174. The van der Waals surface area contributed by atoms with Crippen molar-refractivity contribution < 1.29 is 24.2 Å². The Bertz CT molecular complexity index is 270. The normalized spacial score (nSPS) is 14.7. The van der Waals surface area contributed by atoms with Crippen LogP contribution in [0.1, 0.15) is 34.6 Å². The highest BCUT2D eigenvalue weighted by Crippen LogP contribution is 2.16. The van der Waals surface area contributed by atoms with Crippen molar-refractivity contribution in [3.05, 3.63) is 0 Å². The summed E-state index contributed by atoms with van der Waals surface area (Å²) in [5.41, 5.74) is -0.645. The molecule has 0 aromatic carbocycles. The highest BCUT2D eigenvalue weighted by molar-refractivity contribution is 5.75. The van der Waals surface area contributed by atoms with E-state index in [0.717, 1.165) is 0 Å². The maximum absolute atomic E-state index is 11.4. The standard InChI is InChI=1S/C11H21NO5/c1-7(13)6-12-10(15)17-8(2)16-9(14)11(3,4)5/h7-8,13H,6H2,1-5H3,(H,12,15)/t7-,8?/m1/s1. The molecule has 0 saturated heterocycles. The van der Waals surface area contributed by atoms with Crippen molar-refractivity contribution in [1.82, 2.24) is 5.32 Å². The fourth-order valence-electron chi connectivity index (χ4n) is 0.775. The molecular formula is C11H21NO5. The Labute approximate surface area is 101 Å². The summed E-state index contributed by atoms with van der Waals surface area (Å²) in [7, 11) is 0. The number of ether oxygens (including phenoxy) is 2. The first kappa shape index (κ1) is 15.7. The van der Waals surface area contributed by atoms with Crippen molar-refractivity contribution >= 4 is 12.1 Å². The lowest BCUT2D eigenvalue weighted by Crippen LogP contribution is -2.35. The van der Waals surface area contributed by atoms with Gasteiger partial charge in [0, 0.05) is 13.5 Å². The van der Waals surface area contributed by atoms with E-state index in [2.05, 4.69) is 5.32 Å². The Morgan fingerprint density at radius 1 is 1.24 bits per heavy atom. The molecule has 0 aliphatic rings. The van der Waals surface area contributed by atoms with E-state index in [9.17, 15) is 9.59 Å². The molecule has 0 radical (unpaired) electrons. The molecule has 0 rings (SSSR count). The zero-order valence-corrected chi connectivity index (χ0v) is 10.9. The molecule has 0 spiro atoms. The van der Waals surface area contributed by atoms with E-state index in [1.54, 1.807) is 20.8 Å². The molecule has 1 unspecified atom stereocenters. The molecule has 0 aromatic rings. The summed E-state index contributed by atoms with van der Waals surface area (Å²) in [4.78, 5) is 22.6. The van der Waals surface area contributed by atoms with Crippen LogP contribution < -0.4 is 5.32 Å². The molecule has 6 nitrogen and oxygen atoms in total. The first-order valence-corrected chi connectivity index (χ1v) is 5.46. The van der Waals surface area contributed by atoms with E-state index in [-0.39, 0.29) is 6.54 Å². The lowest BCUT2D eigenvalue weighted by atomic mass is 9.97. The van der Waals surface area contributed by atoms with Crippen LogP contribution >= 0.6 is 0 Å². The molecule has 0 fully saturated rings. The van der Waals surface area contributed by atoms with Crippen LogP contribution in [0.25, 0.3) is 0 Å². The average Bonchev–Trinajstić information content (AvgIpc) is 2.12. The van der Waals surface area contributed by atoms with Gasteiger partial charge < -0.3 is 19.9 Å². The van der Waals surface area contributed by atoms with Crippen LogP contribution in [0, 0.1) is 5.41 Å². The third kappa shape index (κ3) is 7.57. The monoisotopic (exact) mass is 247 g/mol. The van der Waals surface area contributed by atoms with Gasteiger partial charge >= 0.3 is 12.1 Å². The van der Waals surface area contributed by atoms with Crippen LogP contribution in [-0.4, -0.2) is 36.1 Å². The number of alkyl carbamates (subject to hydrolysis) is 1. The number of hydrogen-bond donors (Lipinski definition) is 2. The van der Waals surface area contributed by atoms with Gasteiger partial charge in [-0.05, 0) is 27.7 Å². The number of aliphatic hydroxyl groups is 1. The molecule has 1 amide bonds. The smallest absolute Gasteiger partial charge is 0.410 e. The fourth-order valence-corrected chi connectivity index (χ4v) is 0.775. The van der Waals surface area contributed by atoms with Gasteiger partial charge in [-0.25, -0.2) is 4.79 Å². The van der Waals surface area contributed by atoms with Crippen molar-refractivity contribution in [2.75, 3.05) is 6.54 Å². The van der Waals surface area contributed by atoms with Crippen molar-refractivity contribution in [1.29, 1.82) is 0 Å². The van der Waals surface area contributed by atoms with Gasteiger partial charge in [-0.2, -0.15) is 0 Å². The maximum Gasteiger partial charge on any atom is 0.410 e. The van der Waals surface area contributed by atoms with Gasteiger partial charge in [0.05, 0.1) is 11.5 Å². The number of rotatable bonds is 4. The Kier molecular flexibility index (Phi) is 5.95. The molecule has 2 N–H and O–H groups in total. The number of hydrogen-bond acceptors (Lipinski definition) is 5. The van der Waals surface area contributed by atoms with Crippen LogP contribution in [0.15, 0.2) is 0 Å². The molecular weight excluding hydrogens is 226 g/mol. The second-order valence-electron chi connectivity index (χ2n) is 4.86. The second-order valence-corrected chi connectivity index (χ2v) is 4.86. The predicted octanol–water partition coefficient (Wildman–Crippen LogP) is 1.03. The number of esters is 1. The Morgan fingerprint density at radius 2 is 1.76 bits per heavy atom. The van der Waals surface area contributed by atoms with Gasteiger partial charge in [0.2, 0.25) is 6.29 Å². The lowest BCUT2D eigenvalue weighted by Gasteiger charge is -2.20. The molecule has 0 aliphatic carbocycles. The Morgan fingerprint density at radius 3 is 2.18 bits per heavy atom. The van der Waals surface area contributed by atoms with Crippen molar-refractivity contribution in [3.63, 3.8) is 0 Å². The molecule has 17 heavy (non-hydrogen) atoms. The molecule has 6 heteroatoms. The van der Waals surface area contributed by atoms with Gasteiger partial charge in [-0.3, -0.25) is 4.79 Å². The molecule has 0 heterocycles. The molecule has 0 aromatic heterocycles. The molecule has 0 bridgehead atoms. The third-order valence-corrected chi connectivity index (χ3v) is 1.70. The zero-order valence-electron chi connectivity index (χ0n) is 10.9. The van der Waals surface area contributed by atoms with Gasteiger partial charge in [0.15, 0.2) is 0 Å². The maximum atomic E-state index is 11.4. The molecule has 2 atom stereocenters. The molecule has 0 aliphatic heterocycles. The summed E-state index contributed by atoms with van der Waals surface area (Å²) in [5.74, 6) is -0.451. The van der Waals surface area contributed by atoms with E-state index < -0.39 is 29.9 Å². The summed E-state index contributed by atoms with van der Waals surface area (Å²) in [6.45, 7) is 8.17. The third-order valence-electron chi connectivity index (χ3n) is 1.70. The van der Waals surface area contributed by atoms with Crippen LogP contribution in [0.2, 0.25) is 0 Å². The number of aliphatic hydroxyl groups excluding tert-OH is 1. The summed E-state index contributed by atoms with van der Waals surface area (Å²) < 4.78 is 9.67. The highest BCUT2D eigenvalue weighted by atomic mass is 16.7. The first-order valence-electron chi connectivity index (χ1n) is 5.46. The summed E-state index contributed by atoms with van der Waals surface area (Å²) in [6, 6.07) is 0. The molecule has 100 valence electrons. The summed E-state index contributed by atoms with van der Waals surface area (Å²) in [5, 5.41) is 11.3. The van der Waals surface area contributed by atoms with Crippen molar-refractivity contribution in [2.24, 2.45) is 5.41 Å². The van der Waals surface area contributed by atoms with Gasteiger partial charge in [0.1, 0.15) is 0 Å². The summed E-state index contributed by atoms with van der Waals surface area (Å²) in [6.07, 6.45) is -2.36. The number of amides is 1. The quantitative estimate of drug-likeness (QED) is 0.572. The fraction of sp³-hybridized carbons (Fsp3) is 0.818. The average molecular weight is 247 g/mol. The molecule has 0 saturated carbocycles. The van der Waals surface area contributed by atoms with Crippen LogP contribution in [0.4, 0.5) is 4.79 Å². The highest BCUT2D eigenvalue weighted by Gasteiger charge is 2.26. The van der Waals surface area contributed by atoms with Gasteiger partial charge in [0.25, 0.3) is 0 Å². The van der Waals surface area contributed by atoms with E-state index in [0.29, 0.717) is 0 Å².